The molecule has 0 saturated carbocycles. The maximum Gasteiger partial charge on any atom is 0.0357 e. The van der Waals surface area contributed by atoms with E-state index in [1.807, 2.05) is 0 Å². The Bertz CT molecular complexity index is 282. The van der Waals surface area contributed by atoms with Gasteiger partial charge in [-0.15, -0.1) is 24.8 Å². The summed E-state index contributed by atoms with van der Waals surface area (Å²) in [6, 6.07) is 0.869. The molecule has 0 radical (unpaired) electrons. The highest BCUT2D eigenvalue weighted by atomic mass is 35.5. The average Bonchev–Trinajstić information content (AvgIpc) is 2.88. The van der Waals surface area contributed by atoms with Crippen LogP contribution in [0, 0.1) is 0 Å². The fourth-order valence-electron chi connectivity index (χ4n) is 3.88. The summed E-state index contributed by atoms with van der Waals surface area (Å²) in [6.45, 7) is 6.34. The molecule has 0 bridgehead atoms. The van der Waals surface area contributed by atoms with Gasteiger partial charge in [-0.05, 0) is 64.7 Å². The highest BCUT2D eigenvalue weighted by Gasteiger charge is 2.40. The summed E-state index contributed by atoms with van der Waals surface area (Å²) >= 11 is 2.15. The van der Waals surface area contributed by atoms with Crippen molar-refractivity contribution < 1.29 is 0 Å². The maximum atomic E-state index is 3.53. The summed E-state index contributed by atoms with van der Waals surface area (Å²) in [5.41, 5.74) is 0.467. The Morgan fingerprint density at radius 2 is 1.90 bits per heavy atom. The largest absolute Gasteiger partial charge is 0.317 e. The lowest BCUT2D eigenvalue weighted by Crippen LogP contribution is -2.58. The highest BCUT2D eigenvalue weighted by molar-refractivity contribution is 7.99. The van der Waals surface area contributed by atoms with Crippen LogP contribution in [0.2, 0.25) is 0 Å². The number of piperidine rings is 1. The minimum absolute atomic E-state index is 0. The number of rotatable bonds is 1. The summed E-state index contributed by atoms with van der Waals surface area (Å²) in [4.78, 5) is 5.50. The number of halogens is 2. The minimum atomic E-state index is 0. The number of thioether (sulfide) groups is 1. The van der Waals surface area contributed by atoms with Gasteiger partial charge in [0.1, 0.15) is 0 Å². The molecule has 3 heterocycles. The summed E-state index contributed by atoms with van der Waals surface area (Å²) in [5.74, 6) is 2.75. The molecule has 0 aromatic carbocycles. The normalized spacial score (nSPS) is 31.4. The third kappa shape index (κ3) is 3.96. The van der Waals surface area contributed by atoms with E-state index >= 15 is 0 Å². The van der Waals surface area contributed by atoms with E-state index in [0.29, 0.717) is 5.54 Å². The number of hydrogen-bond donors (Lipinski definition) is 1. The molecule has 0 aliphatic carbocycles. The zero-order valence-corrected chi connectivity index (χ0v) is 14.9. The van der Waals surface area contributed by atoms with Crippen molar-refractivity contribution in [3.05, 3.63) is 0 Å². The summed E-state index contributed by atoms with van der Waals surface area (Å²) in [6.07, 6.45) is 5.44. The van der Waals surface area contributed by atoms with Crippen LogP contribution < -0.4 is 5.32 Å². The molecule has 3 aliphatic rings. The van der Waals surface area contributed by atoms with Crippen molar-refractivity contribution in [2.45, 2.75) is 37.3 Å². The molecule has 3 rings (SSSR count). The fraction of sp³-hybridized carbons (Fsp3) is 1.00. The Balaban J connectivity index is 0.000001000. The van der Waals surface area contributed by atoms with E-state index in [4.69, 9.17) is 0 Å². The topological polar surface area (TPSA) is 18.5 Å². The van der Waals surface area contributed by atoms with E-state index in [9.17, 15) is 0 Å². The van der Waals surface area contributed by atoms with Gasteiger partial charge < -0.3 is 5.32 Å². The van der Waals surface area contributed by atoms with Crippen LogP contribution >= 0.6 is 36.6 Å². The van der Waals surface area contributed by atoms with Gasteiger partial charge in [0, 0.05) is 23.9 Å². The van der Waals surface area contributed by atoms with Gasteiger partial charge in [-0.25, -0.2) is 0 Å². The number of nitrogens with one attached hydrogen (secondary N) is 1. The van der Waals surface area contributed by atoms with Crippen LogP contribution in [-0.2, 0) is 0 Å². The zero-order chi connectivity index (χ0) is 12.4. The number of likely N-dealkylation sites (N-methyl/N-ethyl adjacent to an activating group) is 1. The second kappa shape index (κ2) is 8.44. The summed E-state index contributed by atoms with van der Waals surface area (Å²) < 4.78 is 0. The van der Waals surface area contributed by atoms with Crippen LogP contribution in [0.3, 0.4) is 0 Å². The molecule has 1 N–H and O–H groups in total. The average molecular weight is 342 g/mol. The molecular formula is C14H29Cl2N3S. The first-order chi connectivity index (χ1) is 8.80. The molecule has 20 heavy (non-hydrogen) atoms. The highest BCUT2D eigenvalue weighted by Crippen LogP contribution is 2.32. The van der Waals surface area contributed by atoms with Gasteiger partial charge in [-0.1, -0.05) is 0 Å². The first kappa shape index (κ1) is 18.9. The van der Waals surface area contributed by atoms with Gasteiger partial charge in [0.25, 0.3) is 0 Å². The lowest BCUT2D eigenvalue weighted by Gasteiger charge is -2.46. The Morgan fingerprint density at radius 3 is 2.55 bits per heavy atom. The van der Waals surface area contributed by atoms with Gasteiger partial charge in [-0.2, -0.15) is 11.8 Å². The van der Waals surface area contributed by atoms with Crippen LogP contribution in [0.15, 0.2) is 0 Å². The SMILES string of the molecule is CN1CCCN(C2CCSC2)CC12CCNCC2.Cl.Cl. The monoisotopic (exact) mass is 341 g/mol. The zero-order valence-electron chi connectivity index (χ0n) is 12.5. The quantitative estimate of drug-likeness (QED) is 0.786. The van der Waals surface area contributed by atoms with Crippen LogP contribution in [-0.4, -0.2) is 72.7 Å². The van der Waals surface area contributed by atoms with E-state index in [1.165, 1.54) is 69.9 Å². The van der Waals surface area contributed by atoms with Gasteiger partial charge in [0.15, 0.2) is 0 Å². The minimum Gasteiger partial charge on any atom is -0.317 e. The predicted octanol–water partition coefficient (Wildman–Crippen LogP) is 2.10. The van der Waals surface area contributed by atoms with Gasteiger partial charge in [0.2, 0.25) is 0 Å². The molecule has 120 valence electrons. The lowest BCUT2D eigenvalue weighted by molar-refractivity contribution is 0.0559. The van der Waals surface area contributed by atoms with Crippen LogP contribution in [0.1, 0.15) is 25.7 Å². The molecular weight excluding hydrogens is 313 g/mol. The Kier molecular flexibility index (Phi) is 7.96. The van der Waals surface area contributed by atoms with Crippen LogP contribution in [0.25, 0.3) is 0 Å². The smallest absolute Gasteiger partial charge is 0.0357 e. The van der Waals surface area contributed by atoms with Crippen molar-refractivity contribution in [2.24, 2.45) is 0 Å². The molecule has 6 heteroatoms. The van der Waals surface area contributed by atoms with E-state index in [0.717, 1.165) is 6.04 Å². The maximum absolute atomic E-state index is 3.53. The summed E-state index contributed by atoms with van der Waals surface area (Å²) in [5, 5.41) is 3.53. The third-order valence-electron chi connectivity index (χ3n) is 5.20. The molecule has 1 spiro atoms. The van der Waals surface area contributed by atoms with Gasteiger partial charge >= 0.3 is 0 Å². The molecule has 0 amide bonds. The Morgan fingerprint density at radius 1 is 1.15 bits per heavy atom. The number of nitrogens with zero attached hydrogens (tertiary/aromatic N) is 2. The van der Waals surface area contributed by atoms with Crippen LogP contribution in [0.4, 0.5) is 0 Å². The predicted molar refractivity (Wildman–Crippen MR) is 93.9 cm³/mol. The molecule has 0 aromatic rings. The fourth-order valence-corrected chi connectivity index (χ4v) is 5.13. The third-order valence-corrected chi connectivity index (χ3v) is 6.35. The van der Waals surface area contributed by atoms with Crippen LogP contribution in [0.5, 0.6) is 0 Å². The molecule has 3 saturated heterocycles. The molecule has 3 nitrogen and oxygen atoms in total. The van der Waals surface area contributed by atoms with E-state index in [2.05, 4.69) is 33.9 Å². The standard InChI is InChI=1S/C14H27N3S.2ClH/c1-16-8-2-9-17(13-3-10-18-11-13)12-14(16)4-6-15-7-5-14;;/h13,15H,2-12H2,1H3;2*1H. The number of hydrogen-bond acceptors (Lipinski definition) is 4. The molecule has 1 unspecified atom stereocenters. The first-order valence-electron chi connectivity index (χ1n) is 7.54. The van der Waals surface area contributed by atoms with Crippen molar-refractivity contribution in [1.82, 2.24) is 15.1 Å². The Labute approximate surface area is 140 Å². The second-order valence-electron chi connectivity index (χ2n) is 6.24. The van der Waals surface area contributed by atoms with Crippen molar-refractivity contribution in [3.63, 3.8) is 0 Å². The molecule has 1 atom stereocenters. The van der Waals surface area contributed by atoms with E-state index in [-0.39, 0.29) is 24.8 Å². The molecule has 0 aromatic heterocycles. The Hall–Kier alpha value is 0.810. The van der Waals surface area contributed by atoms with Crippen molar-refractivity contribution in [1.29, 1.82) is 0 Å². The van der Waals surface area contributed by atoms with E-state index < -0.39 is 0 Å². The van der Waals surface area contributed by atoms with Gasteiger partial charge in [0.05, 0.1) is 0 Å². The lowest BCUT2D eigenvalue weighted by atomic mass is 9.86. The van der Waals surface area contributed by atoms with Crippen molar-refractivity contribution >= 4 is 36.6 Å². The van der Waals surface area contributed by atoms with Crippen molar-refractivity contribution in [3.8, 4) is 0 Å². The van der Waals surface area contributed by atoms with E-state index in [1.54, 1.807) is 0 Å². The van der Waals surface area contributed by atoms with Crippen molar-refractivity contribution in [2.75, 3.05) is 51.3 Å². The van der Waals surface area contributed by atoms with Gasteiger partial charge in [-0.3, -0.25) is 9.80 Å². The summed E-state index contributed by atoms with van der Waals surface area (Å²) in [7, 11) is 2.36. The first-order valence-corrected chi connectivity index (χ1v) is 8.69. The molecule has 3 aliphatic heterocycles. The molecule has 3 fully saturated rings. The second-order valence-corrected chi connectivity index (χ2v) is 7.39.